The van der Waals surface area contributed by atoms with Crippen molar-refractivity contribution < 1.29 is 4.74 Å². The molecule has 2 rings (SSSR count). The van der Waals surface area contributed by atoms with Gasteiger partial charge in [-0.2, -0.15) is 0 Å². The normalized spacial score (nSPS) is 11.6. The van der Waals surface area contributed by atoms with Crippen molar-refractivity contribution in [3.8, 4) is 11.4 Å². The van der Waals surface area contributed by atoms with Crippen LogP contribution in [-0.2, 0) is 6.54 Å². The Balaban J connectivity index is 2.14. The second-order valence-corrected chi connectivity index (χ2v) is 5.79. The summed E-state index contributed by atoms with van der Waals surface area (Å²) in [5, 5.41) is 3.48. The predicted molar refractivity (Wildman–Crippen MR) is 81.3 cm³/mol. The first-order valence-electron chi connectivity index (χ1n) is 6.99. The Morgan fingerprint density at radius 2 is 1.90 bits per heavy atom. The molecule has 108 valence electrons. The maximum absolute atomic E-state index is 5.46. The fourth-order valence-corrected chi connectivity index (χ4v) is 1.91. The van der Waals surface area contributed by atoms with Gasteiger partial charge in [0.05, 0.1) is 18.6 Å². The summed E-state index contributed by atoms with van der Waals surface area (Å²) in [6.45, 7) is 9.93. The van der Waals surface area contributed by atoms with Crippen molar-refractivity contribution in [2.75, 3.05) is 6.61 Å². The second-order valence-electron chi connectivity index (χ2n) is 5.79. The molecule has 20 heavy (non-hydrogen) atoms. The van der Waals surface area contributed by atoms with E-state index in [4.69, 9.17) is 4.74 Å². The largest absolute Gasteiger partial charge is 0.494 e. The van der Waals surface area contributed by atoms with Crippen molar-refractivity contribution in [2.24, 2.45) is 0 Å². The van der Waals surface area contributed by atoms with Gasteiger partial charge in [-0.1, -0.05) is 0 Å². The quantitative estimate of drug-likeness (QED) is 0.909. The minimum absolute atomic E-state index is 0.0912. The van der Waals surface area contributed by atoms with Crippen LogP contribution in [0.25, 0.3) is 5.69 Å². The Bertz CT molecular complexity index is 538. The zero-order valence-electron chi connectivity index (χ0n) is 12.7. The van der Waals surface area contributed by atoms with Crippen LogP contribution < -0.4 is 10.1 Å². The zero-order valence-corrected chi connectivity index (χ0v) is 12.7. The van der Waals surface area contributed by atoms with Crippen molar-refractivity contribution in [1.29, 1.82) is 0 Å². The van der Waals surface area contributed by atoms with Gasteiger partial charge >= 0.3 is 0 Å². The molecule has 0 amide bonds. The highest BCUT2D eigenvalue weighted by Gasteiger charge is 2.11. The molecule has 0 saturated heterocycles. The topological polar surface area (TPSA) is 39.1 Å². The first-order valence-corrected chi connectivity index (χ1v) is 6.99. The summed E-state index contributed by atoms with van der Waals surface area (Å²) in [7, 11) is 0. The van der Waals surface area contributed by atoms with Gasteiger partial charge in [-0.3, -0.25) is 0 Å². The molecule has 1 heterocycles. The van der Waals surface area contributed by atoms with Crippen LogP contribution >= 0.6 is 0 Å². The van der Waals surface area contributed by atoms with Gasteiger partial charge in [0.2, 0.25) is 0 Å². The van der Waals surface area contributed by atoms with Crippen molar-refractivity contribution in [3.05, 3.63) is 42.5 Å². The Hall–Kier alpha value is -1.81. The molecule has 0 bridgehead atoms. The molecular weight excluding hydrogens is 250 g/mol. The third-order valence-electron chi connectivity index (χ3n) is 2.94. The number of aromatic nitrogens is 2. The number of benzene rings is 1. The average Bonchev–Trinajstić information content (AvgIpc) is 2.85. The molecule has 4 nitrogen and oxygen atoms in total. The third kappa shape index (κ3) is 3.84. The predicted octanol–water partition coefficient (Wildman–Crippen LogP) is 3.16. The van der Waals surface area contributed by atoms with Gasteiger partial charge < -0.3 is 14.6 Å². The zero-order chi connectivity index (χ0) is 14.6. The Kier molecular flexibility index (Phi) is 4.45. The molecule has 0 radical (unpaired) electrons. The summed E-state index contributed by atoms with van der Waals surface area (Å²) in [5.41, 5.74) is 2.33. The van der Waals surface area contributed by atoms with Crippen LogP contribution in [0.4, 0.5) is 0 Å². The SMILES string of the molecule is CCOc1ccc(-n2cncc2CNC(C)(C)C)cc1. The van der Waals surface area contributed by atoms with Gasteiger partial charge in [0.25, 0.3) is 0 Å². The molecule has 0 unspecified atom stereocenters. The van der Waals surface area contributed by atoms with E-state index in [0.717, 1.165) is 23.7 Å². The van der Waals surface area contributed by atoms with Crippen LogP contribution in [0.15, 0.2) is 36.8 Å². The molecule has 2 aromatic rings. The number of nitrogens with zero attached hydrogens (tertiary/aromatic N) is 2. The highest BCUT2D eigenvalue weighted by molar-refractivity contribution is 5.38. The number of ether oxygens (including phenoxy) is 1. The Morgan fingerprint density at radius 3 is 2.50 bits per heavy atom. The Labute approximate surface area is 120 Å². The van der Waals surface area contributed by atoms with Crippen LogP contribution in [0.3, 0.4) is 0 Å². The van der Waals surface area contributed by atoms with Gasteiger partial charge in [0.1, 0.15) is 5.75 Å². The lowest BCUT2D eigenvalue weighted by molar-refractivity contribution is 0.340. The van der Waals surface area contributed by atoms with E-state index < -0.39 is 0 Å². The van der Waals surface area contributed by atoms with E-state index in [0.29, 0.717) is 6.61 Å². The number of hydrogen-bond donors (Lipinski definition) is 1. The number of imidazole rings is 1. The Morgan fingerprint density at radius 1 is 1.20 bits per heavy atom. The fourth-order valence-electron chi connectivity index (χ4n) is 1.91. The minimum Gasteiger partial charge on any atom is -0.494 e. The van der Waals surface area contributed by atoms with E-state index >= 15 is 0 Å². The summed E-state index contributed by atoms with van der Waals surface area (Å²) in [4.78, 5) is 4.25. The highest BCUT2D eigenvalue weighted by atomic mass is 16.5. The van der Waals surface area contributed by atoms with Gasteiger partial charge in [-0.15, -0.1) is 0 Å². The first-order chi connectivity index (χ1) is 9.49. The van der Waals surface area contributed by atoms with E-state index in [2.05, 4.69) is 35.6 Å². The summed E-state index contributed by atoms with van der Waals surface area (Å²) in [6.07, 6.45) is 3.74. The van der Waals surface area contributed by atoms with E-state index in [1.165, 1.54) is 0 Å². The van der Waals surface area contributed by atoms with Crippen LogP contribution in [0.2, 0.25) is 0 Å². The molecule has 0 aliphatic carbocycles. The molecular formula is C16H23N3O. The van der Waals surface area contributed by atoms with E-state index in [-0.39, 0.29) is 5.54 Å². The van der Waals surface area contributed by atoms with Crippen molar-refractivity contribution >= 4 is 0 Å². The number of nitrogens with one attached hydrogen (secondary N) is 1. The second kappa shape index (κ2) is 6.09. The van der Waals surface area contributed by atoms with Gasteiger partial charge in [-0.25, -0.2) is 4.98 Å². The van der Waals surface area contributed by atoms with E-state index in [9.17, 15) is 0 Å². The third-order valence-corrected chi connectivity index (χ3v) is 2.94. The van der Waals surface area contributed by atoms with Crippen LogP contribution in [-0.4, -0.2) is 21.7 Å². The van der Waals surface area contributed by atoms with E-state index in [1.807, 2.05) is 43.7 Å². The maximum atomic E-state index is 5.46. The monoisotopic (exact) mass is 273 g/mol. The van der Waals surface area contributed by atoms with Gasteiger partial charge in [-0.05, 0) is 52.0 Å². The van der Waals surface area contributed by atoms with Gasteiger partial charge in [0, 0.05) is 24.0 Å². The lowest BCUT2D eigenvalue weighted by Crippen LogP contribution is -2.35. The lowest BCUT2D eigenvalue weighted by atomic mass is 10.1. The summed E-state index contributed by atoms with van der Waals surface area (Å²) >= 11 is 0. The van der Waals surface area contributed by atoms with Crippen LogP contribution in [0, 0.1) is 0 Å². The molecule has 1 aromatic heterocycles. The molecule has 1 aromatic carbocycles. The molecule has 0 atom stereocenters. The molecule has 0 saturated carbocycles. The van der Waals surface area contributed by atoms with Crippen molar-refractivity contribution in [3.63, 3.8) is 0 Å². The number of hydrogen-bond acceptors (Lipinski definition) is 3. The smallest absolute Gasteiger partial charge is 0.119 e. The molecule has 0 aliphatic heterocycles. The fraction of sp³-hybridized carbons (Fsp3) is 0.438. The number of rotatable bonds is 5. The standard InChI is InChI=1S/C16H23N3O/c1-5-20-15-8-6-13(7-9-15)19-12-17-10-14(19)11-18-16(2,3)4/h6-10,12,18H,5,11H2,1-4H3. The highest BCUT2D eigenvalue weighted by Crippen LogP contribution is 2.17. The molecule has 0 aliphatic rings. The molecule has 1 N–H and O–H groups in total. The maximum Gasteiger partial charge on any atom is 0.119 e. The molecule has 0 fully saturated rings. The summed E-state index contributed by atoms with van der Waals surface area (Å²) in [5.74, 6) is 0.894. The summed E-state index contributed by atoms with van der Waals surface area (Å²) < 4.78 is 7.56. The van der Waals surface area contributed by atoms with Gasteiger partial charge in [0.15, 0.2) is 0 Å². The van der Waals surface area contributed by atoms with Crippen LogP contribution in [0.5, 0.6) is 5.75 Å². The summed E-state index contributed by atoms with van der Waals surface area (Å²) in [6, 6.07) is 8.07. The van der Waals surface area contributed by atoms with Crippen LogP contribution in [0.1, 0.15) is 33.4 Å². The average molecular weight is 273 g/mol. The molecule has 0 spiro atoms. The van der Waals surface area contributed by atoms with Crippen molar-refractivity contribution in [1.82, 2.24) is 14.9 Å². The molecule has 4 heteroatoms. The minimum atomic E-state index is 0.0912. The van der Waals surface area contributed by atoms with E-state index in [1.54, 1.807) is 0 Å². The lowest BCUT2D eigenvalue weighted by Gasteiger charge is -2.21. The first kappa shape index (κ1) is 14.6. The van der Waals surface area contributed by atoms with Crippen molar-refractivity contribution in [2.45, 2.75) is 39.8 Å².